The van der Waals surface area contributed by atoms with Gasteiger partial charge in [0.2, 0.25) is 0 Å². The second kappa shape index (κ2) is 9.23. The first-order chi connectivity index (χ1) is 15.0. The number of benzene rings is 3. The Labute approximate surface area is 190 Å². The standard InChI is InChI=1S/C22H15BrN4O3S/c23-17-9-11-18(12-10-17)26-21(15-5-2-1-3-6-15)24-25-22(26)31-14-20(28)16-7-4-8-19(13-16)27(29)30/h1-13H,14H2. The maximum atomic E-state index is 12.7. The zero-order chi connectivity index (χ0) is 21.8. The second-order valence-electron chi connectivity index (χ2n) is 6.50. The number of thioether (sulfide) groups is 1. The number of nitrogens with zero attached hydrogens (tertiary/aromatic N) is 4. The highest BCUT2D eigenvalue weighted by atomic mass is 79.9. The van der Waals surface area contributed by atoms with Gasteiger partial charge in [0.25, 0.3) is 5.69 Å². The van der Waals surface area contributed by atoms with Crippen LogP contribution in [0.25, 0.3) is 17.1 Å². The Morgan fingerprint density at radius 1 is 1.00 bits per heavy atom. The molecule has 7 nitrogen and oxygen atoms in total. The second-order valence-corrected chi connectivity index (χ2v) is 8.36. The van der Waals surface area contributed by atoms with Crippen molar-refractivity contribution in [2.75, 3.05) is 5.75 Å². The minimum atomic E-state index is -0.514. The quantitative estimate of drug-likeness (QED) is 0.144. The summed E-state index contributed by atoms with van der Waals surface area (Å²) in [5.41, 5.74) is 1.94. The van der Waals surface area contributed by atoms with E-state index in [4.69, 9.17) is 0 Å². The van der Waals surface area contributed by atoms with Crippen LogP contribution < -0.4 is 0 Å². The van der Waals surface area contributed by atoms with Crippen molar-refractivity contribution in [2.24, 2.45) is 0 Å². The first-order valence-corrected chi connectivity index (χ1v) is 11.0. The van der Waals surface area contributed by atoms with Gasteiger partial charge >= 0.3 is 0 Å². The van der Waals surface area contributed by atoms with E-state index in [9.17, 15) is 14.9 Å². The number of carbonyl (C=O) groups is 1. The van der Waals surface area contributed by atoms with Gasteiger partial charge < -0.3 is 0 Å². The number of rotatable bonds is 7. The highest BCUT2D eigenvalue weighted by Gasteiger charge is 2.18. The molecule has 9 heteroatoms. The Balaban J connectivity index is 1.65. The van der Waals surface area contributed by atoms with Crippen LogP contribution in [0.2, 0.25) is 0 Å². The Morgan fingerprint density at radius 3 is 2.45 bits per heavy atom. The van der Waals surface area contributed by atoms with Crippen molar-refractivity contribution >= 4 is 39.2 Å². The molecule has 1 aromatic heterocycles. The molecule has 154 valence electrons. The fourth-order valence-corrected chi connectivity index (χ4v) is 4.08. The van der Waals surface area contributed by atoms with Gasteiger partial charge in [-0.25, -0.2) is 0 Å². The third kappa shape index (κ3) is 4.73. The van der Waals surface area contributed by atoms with Crippen LogP contribution in [0.5, 0.6) is 0 Å². The van der Waals surface area contributed by atoms with Gasteiger partial charge in [0.05, 0.1) is 10.7 Å². The van der Waals surface area contributed by atoms with Crippen molar-refractivity contribution in [2.45, 2.75) is 5.16 Å². The van der Waals surface area contributed by atoms with Crippen molar-refractivity contribution in [3.63, 3.8) is 0 Å². The molecule has 0 radical (unpaired) electrons. The van der Waals surface area contributed by atoms with E-state index in [0.717, 1.165) is 15.7 Å². The summed E-state index contributed by atoms with van der Waals surface area (Å²) in [6.07, 6.45) is 0. The number of Topliss-reactive ketones (excluding diaryl/α,β-unsaturated/α-hetero) is 1. The SMILES string of the molecule is O=C(CSc1nnc(-c2ccccc2)n1-c1ccc(Br)cc1)c1cccc([N+](=O)[O-])c1. The monoisotopic (exact) mass is 494 g/mol. The number of non-ortho nitro benzene ring substituents is 1. The first kappa shape index (κ1) is 21.0. The van der Waals surface area contributed by atoms with Crippen molar-refractivity contribution < 1.29 is 9.72 Å². The summed E-state index contributed by atoms with van der Waals surface area (Å²) in [5.74, 6) is 0.512. The fraction of sp³-hybridized carbons (Fsp3) is 0.0455. The van der Waals surface area contributed by atoms with Crippen LogP contribution in [0, 0.1) is 10.1 Å². The number of hydrogen-bond donors (Lipinski definition) is 0. The minimum Gasteiger partial charge on any atom is -0.293 e. The van der Waals surface area contributed by atoms with Crippen molar-refractivity contribution in [1.29, 1.82) is 0 Å². The molecule has 0 aliphatic heterocycles. The Kier molecular flexibility index (Phi) is 6.24. The molecule has 0 atom stereocenters. The van der Waals surface area contributed by atoms with E-state index in [1.165, 1.54) is 30.0 Å². The molecule has 31 heavy (non-hydrogen) atoms. The lowest BCUT2D eigenvalue weighted by atomic mass is 10.1. The third-order valence-electron chi connectivity index (χ3n) is 4.46. The summed E-state index contributed by atoms with van der Waals surface area (Å²) in [6.45, 7) is 0. The van der Waals surface area contributed by atoms with Crippen LogP contribution in [-0.2, 0) is 0 Å². The van der Waals surface area contributed by atoms with Gasteiger partial charge in [0.1, 0.15) is 0 Å². The molecule has 0 unspecified atom stereocenters. The number of halogens is 1. The summed E-state index contributed by atoms with van der Waals surface area (Å²) in [5, 5.41) is 20.2. The predicted octanol–water partition coefficient (Wildman–Crippen LogP) is 5.58. The van der Waals surface area contributed by atoms with E-state index in [2.05, 4.69) is 26.1 Å². The van der Waals surface area contributed by atoms with Crippen LogP contribution in [-0.4, -0.2) is 31.2 Å². The van der Waals surface area contributed by atoms with Crippen LogP contribution in [0.15, 0.2) is 88.5 Å². The molecule has 0 N–H and O–H groups in total. The highest BCUT2D eigenvalue weighted by molar-refractivity contribution is 9.10. The van der Waals surface area contributed by atoms with Gasteiger partial charge in [-0.05, 0) is 24.3 Å². The maximum absolute atomic E-state index is 12.7. The number of nitro benzene ring substituents is 1. The topological polar surface area (TPSA) is 90.9 Å². The molecule has 0 saturated heterocycles. The lowest BCUT2D eigenvalue weighted by Gasteiger charge is -2.10. The average molecular weight is 495 g/mol. The highest BCUT2D eigenvalue weighted by Crippen LogP contribution is 2.29. The molecule has 1 heterocycles. The summed E-state index contributed by atoms with van der Waals surface area (Å²) >= 11 is 4.68. The van der Waals surface area contributed by atoms with Crippen LogP contribution in [0.4, 0.5) is 5.69 Å². The summed E-state index contributed by atoms with van der Waals surface area (Å²) < 4.78 is 2.84. The van der Waals surface area contributed by atoms with E-state index in [-0.39, 0.29) is 17.2 Å². The lowest BCUT2D eigenvalue weighted by Crippen LogP contribution is -2.05. The smallest absolute Gasteiger partial charge is 0.270 e. The van der Waals surface area contributed by atoms with Crippen molar-refractivity contribution in [3.8, 4) is 17.1 Å². The van der Waals surface area contributed by atoms with E-state index in [1.54, 1.807) is 6.07 Å². The molecule has 0 aliphatic carbocycles. The van der Waals surface area contributed by atoms with Gasteiger partial charge in [-0.1, -0.05) is 70.2 Å². The molecule has 0 spiro atoms. The molecule has 0 saturated carbocycles. The Morgan fingerprint density at radius 2 is 1.74 bits per heavy atom. The van der Waals surface area contributed by atoms with Gasteiger partial charge in [-0.3, -0.25) is 19.5 Å². The van der Waals surface area contributed by atoms with Gasteiger partial charge in [-0.2, -0.15) is 0 Å². The summed E-state index contributed by atoms with van der Waals surface area (Å²) in [4.78, 5) is 23.1. The molecule has 4 aromatic rings. The predicted molar refractivity (Wildman–Crippen MR) is 123 cm³/mol. The van der Waals surface area contributed by atoms with Gasteiger partial charge in [-0.15, -0.1) is 10.2 Å². The first-order valence-electron chi connectivity index (χ1n) is 9.20. The molecular weight excluding hydrogens is 480 g/mol. The number of carbonyl (C=O) groups excluding carboxylic acids is 1. The molecular formula is C22H15BrN4O3S. The molecule has 3 aromatic carbocycles. The molecule has 0 fully saturated rings. The summed E-state index contributed by atoms with van der Waals surface area (Å²) in [6, 6.07) is 23.1. The van der Waals surface area contributed by atoms with Gasteiger partial charge in [0, 0.05) is 33.4 Å². The fourth-order valence-electron chi connectivity index (χ4n) is 2.97. The van der Waals surface area contributed by atoms with E-state index in [1.807, 2.05) is 59.2 Å². The molecule has 0 aliphatic rings. The van der Waals surface area contributed by atoms with Gasteiger partial charge in [0.15, 0.2) is 16.8 Å². The molecule has 0 amide bonds. The average Bonchev–Trinajstić information content (AvgIpc) is 3.22. The number of nitro groups is 1. The van der Waals surface area contributed by atoms with Crippen molar-refractivity contribution in [3.05, 3.63) is 99.0 Å². The number of ketones is 1. The normalized spacial score (nSPS) is 10.7. The Hall–Kier alpha value is -3.30. The zero-order valence-corrected chi connectivity index (χ0v) is 18.4. The third-order valence-corrected chi connectivity index (χ3v) is 5.92. The van der Waals surface area contributed by atoms with E-state index in [0.29, 0.717) is 16.5 Å². The maximum Gasteiger partial charge on any atom is 0.270 e. The van der Waals surface area contributed by atoms with Crippen LogP contribution in [0.3, 0.4) is 0 Å². The van der Waals surface area contributed by atoms with E-state index >= 15 is 0 Å². The largest absolute Gasteiger partial charge is 0.293 e. The zero-order valence-electron chi connectivity index (χ0n) is 16.0. The lowest BCUT2D eigenvalue weighted by molar-refractivity contribution is -0.384. The van der Waals surface area contributed by atoms with Crippen molar-refractivity contribution in [1.82, 2.24) is 14.8 Å². The van der Waals surface area contributed by atoms with E-state index < -0.39 is 4.92 Å². The summed E-state index contributed by atoms with van der Waals surface area (Å²) in [7, 11) is 0. The van der Waals surface area contributed by atoms with Crippen LogP contribution in [0.1, 0.15) is 10.4 Å². The molecule has 4 rings (SSSR count). The number of aromatic nitrogens is 3. The van der Waals surface area contributed by atoms with Crippen LogP contribution >= 0.6 is 27.7 Å². The number of hydrogen-bond acceptors (Lipinski definition) is 6. The Bertz CT molecular complexity index is 1240. The minimum absolute atomic E-state index is 0.0740. The molecule has 0 bridgehead atoms.